The van der Waals surface area contributed by atoms with Crippen LogP contribution in [-0.2, 0) is 4.79 Å². The highest BCUT2D eigenvalue weighted by Crippen LogP contribution is 2.31. The number of carbonyl (C=O) groups is 1. The van der Waals surface area contributed by atoms with Gasteiger partial charge in [-0.3, -0.25) is 9.69 Å². The number of likely N-dealkylation sites (tertiary alicyclic amines) is 1. The van der Waals surface area contributed by atoms with Crippen molar-refractivity contribution in [3.8, 4) is 0 Å². The number of hydrogen-bond acceptors (Lipinski definition) is 2. The molecule has 1 N–H and O–H groups in total. The van der Waals surface area contributed by atoms with Gasteiger partial charge in [0.25, 0.3) is 0 Å². The van der Waals surface area contributed by atoms with Gasteiger partial charge in [-0.05, 0) is 56.6 Å². The van der Waals surface area contributed by atoms with E-state index in [9.17, 15) is 4.79 Å². The zero-order valence-corrected chi connectivity index (χ0v) is 14.0. The highest BCUT2D eigenvalue weighted by atomic mass is 35.5. The summed E-state index contributed by atoms with van der Waals surface area (Å²) in [5.41, 5.74) is 2.86. The van der Waals surface area contributed by atoms with Crippen molar-refractivity contribution in [1.82, 2.24) is 4.90 Å². The predicted octanol–water partition coefficient (Wildman–Crippen LogP) is 4.42. The van der Waals surface area contributed by atoms with E-state index >= 15 is 0 Å². The zero-order valence-electron chi connectivity index (χ0n) is 13.3. The summed E-state index contributed by atoms with van der Waals surface area (Å²) in [5.74, 6) is -0.0242. The number of carbonyl (C=O) groups excluding carboxylic acids is 1. The Balaban J connectivity index is 1.87. The van der Waals surface area contributed by atoms with Gasteiger partial charge in [-0.2, -0.15) is 0 Å². The van der Waals surface area contributed by atoms with Crippen LogP contribution in [0.1, 0.15) is 30.0 Å². The van der Waals surface area contributed by atoms with Gasteiger partial charge in [0.2, 0.25) is 5.91 Å². The first kappa shape index (κ1) is 16.0. The lowest BCUT2D eigenvalue weighted by Gasteiger charge is -2.27. The third kappa shape index (κ3) is 3.74. The minimum Gasteiger partial charge on any atom is -0.324 e. The second kappa shape index (κ2) is 7.16. The van der Waals surface area contributed by atoms with Gasteiger partial charge in [-0.1, -0.05) is 47.5 Å². The van der Waals surface area contributed by atoms with Crippen LogP contribution in [0.2, 0.25) is 5.02 Å². The summed E-state index contributed by atoms with van der Waals surface area (Å²) < 4.78 is 0. The van der Waals surface area contributed by atoms with Crippen LogP contribution in [-0.4, -0.2) is 23.9 Å². The van der Waals surface area contributed by atoms with Crippen LogP contribution in [0.4, 0.5) is 5.69 Å². The Morgan fingerprint density at radius 2 is 1.74 bits per heavy atom. The van der Waals surface area contributed by atoms with Crippen molar-refractivity contribution in [3.63, 3.8) is 0 Å². The van der Waals surface area contributed by atoms with Gasteiger partial charge in [0.15, 0.2) is 0 Å². The van der Waals surface area contributed by atoms with Crippen LogP contribution in [0.5, 0.6) is 0 Å². The minimum atomic E-state index is -0.340. The molecule has 2 aromatic rings. The average Bonchev–Trinajstić information content (AvgIpc) is 3.06. The molecule has 0 bridgehead atoms. The van der Waals surface area contributed by atoms with Gasteiger partial charge in [0.05, 0.1) is 0 Å². The summed E-state index contributed by atoms with van der Waals surface area (Å²) in [7, 11) is 0. The second-order valence-electron chi connectivity index (χ2n) is 6.02. The lowest BCUT2D eigenvalue weighted by Crippen LogP contribution is -2.35. The highest BCUT2D eigenvalue weighted by molar-refractivity contribution is 6.31. The molecule has 0 aromatic heterocycles. The minimum absolute atomic E-state index is 0.0242. The molecule has 3 nitrogen and oxygen atoms in total. The number of hydrogen-bond donors (Lipinski definition) is 1. The van der Waals surface area contributed by atoms with Crippen LogP contribution >= 0.6 is 11.6 Å². The molecule has 3 rings (SSSR count). The van der Waals surface area contributed by atoms with Crippen molar-refractivity contribution < 1.29 is 4.79 Å². The van der Waals surface area contributed by atoms with Crippen LogP contribution in [0, 0.1) is 6.92 Å². The molecule has 0 aliphatic carbocycles. The van der Waals surface area contributed by atoms with Crippen LogP contribution in [0.15, 0.2) is 48.5 Å². The summed E-state index contributed by atoms with van der Waals surface area (Å²) in [4.78, 5) is 15.1. The molecule has 2 aromatic carbocycles. The van der Waals surface area contributed by atoms with E-state index in [1.165, 1.54) is 5.56 Å². The van der Waals surface area contributed by atoms with Crippen LogP contribution in [0.3, 0.4) is 0 Å². The molecule has 1 aliphatic rings. The number of nitrogens with one attached hydrogen (secondary N) is 1. The summed E-state index contributed by atoms with van der Waals surface area (Å²) >= 11 is 6.36. The van der Waals surface area contributed by atoms with E-state index in [1.54, 1.807) is 0 Å². The molecule has 120 valence electrons. The van der Waals surface area contributed by atoms with Crippen LogP contribution < -0.4 is 5.32 Å². The number of rotatable bonds is 4. The maximum absolute atomic E-state index is 12.9. The van der Waals surface area contributed by atoms with Gasteiger partial charge in [-0.15, -0.1) is 0 Å². The van der Waals surface area contributed by atoms with E-state index in [2.05, 4.69) is 10.2 Å². The van der Waals surface area contributed by atoms with Gasteiger partial charge >= 0.3 is 0 Å². The zero-order chi connectivity index (χ0) is 16.2. The Kier molecular flexibility index (Phi) is 4.99. The lowest BCUT2D eigenvalue weighted by atomic mass is 10.0. The number of halogens is 1. The molecule has 1 amide bonds. The number of benzene rings is 2. The molecule has 0 saturated carbocycles. The fraction of sp³-hybridized carbons (Fsp3) is 0.316. The van der Waals surface area contributed by atoms with Gasteiger partial charge in [0, 0.05) is 10.7 Å². The molecular formula is C19H21ClN2O. The van der Waals surface area contributed by atoms with E-state index < -0.39 is 0 Å². The number of aryl methyl sites for hydroxylation is 1. The molecule has 1 heterocycles. The molecule has 4 heteroatoms. The van der Waals surface area contributed by atoms with Crippen molar-refractivity contribution in [1.29, 1.82) is 0 Å². The third-order valence-corrected chi connectivity index (χ3v) is 4.62. The average molecular weight is 329 g/mol. The summed E-state index contributed by atoms with van der Waals surface area (Å²) in [6.45, 7) is 3.89. The van der Waals surface area contributed by atoms with E-state index in [0.29, 0.717) is 5.02 Å². The molecule has 1 aliphatic heterocycles. The Morgan fingerprint density at radius 3 is 2.39 bits per heavy atom. The van der Waals surface area contributed by atoms with E-state index in [1.807, 2.05) is 55.5 Å². The molecule has 0 unspecified atom stereocenters. The SMILES string of the molecule is Cc1ccc(NC(=O)[C@H](c2ccccc2Cl)N2CCCC2)cc1. The molecule has 0 spiro atoms. The fourth-order valence-corrected chi connectivity index (χ4v) is 3.29. The van der Waals surface area contributed by atoms with E-state index in [4.69, 9.17) is 11.6 Å². The summed E-state index contributed by atoms with van der Waals surface area (Å²) in [5, 5.41) is 3.67. The van der Waals surface area contributed by atoms with Gasteiger partial charge in [-0.25, -0.2) is 0 Å². The van der Waals surface area contributed by atoms with Crippen molar-refractivity contribution in [2.75, 3.05) is 18.4 Å². The smallest absolute Gasteiger partial charge is 0.246 e. The molecule has 1 saturated heterocycles. The topological polar surface area (TPSA) is 32.3 Å². The molecule has 1 fully saturated rings. The number of amides is 1. The fourth-order valence-electron chi connectivity index (χ4n) is 3.05. The molecular weight excluding hydrogens is 308 g/mol. The van der Waals surface area contributed by atoms with E-state index in [-0.39, 0.29) is 11.9 Å². The Hall–Kier alpha value is -1.84. The number of nitrogens with zero attached hydrogens (tertiary/aromatic N) is 1. The van der Waals surface area contributed by atoms with Crippen molar-refractivity contribution in [2.24, 2.45) is 0 Å². The van der Waals surface area contributed by atoms with Gasteiger partial charge < -0.3 is 5.32 Å². The summed E-state index contributed by atoms with van der Waals surface area (Å²) in [6, 6.07) is 15.1. The molecule has 23 heavy (non-hydrogen) atoms. The first-order valence-electron chi connectivity index (χ1n) is 8.01. The molecule has 0 radical (unpaired) electrons. The van der Waals surface area contributed by atoms with Gasteiger partial charge in [0.1, 0.15) is 6.04 Å². The quantitative estimate of drug-likeness (QED) is 0.900. The molecule has 1 atom stereocenters. The van der Waals surface area contributed by atoms with Crippen molar-refractivity contribution in [2.45, 2.75) is 25.8 Å². The van der Waals surface area contributed by atoms with Crippen molar-refractivity contribution in [3.05, 3.63) is 64.7 Å². The Labute approximate surface area is 142 Å². The Bertz CT molecular complexity index is 678. The number of anilines is 1. The highest BCUT2D eigenvalue weighted by Gasteiger charge is 2.31. The van der Waals surface area contributed by atoms with Crippen LogP contribution in [0.25, 0.3) is 0 Å². The Morgan fingerprint density at radius 1 is 1.09 bits per heavy atom. The maximum Gasteiger partial charge on any atom is 0.246 e. The van der Waals surface area contributed by atoms with Crippen molar-refractivity contribution >= 4 is 23.2 Å². The monoisotopic (exact) mass is 328 g/mol. The predicted molar refractivity (Wildman–Crippen MR) is 94.8 cm³/mol. The lowest BCUT2D eigenvalue weighted by molar-refractivity contribution is -0.121. The first-order chi connectivity index (χ1) is 11.1. The normalized spacial score (nSPS) is 16.3. The largest absolute Gasteiger partial charge is 0.324 e. The first-order valence-corrected chi connectivity index (χ1v) is 8.39. The standard InChI is InChI=1S/C19H21ClN2O/c1-14-8-10-15(11-9-14)21-19(23)18(22-12-4-5-13-22)16-6-2-3-7-17(16)20/h2-3,6-11,18H,4-5,12-13H2,1H3,(H,21,23)/t18-/m0/s1. The van der Waals surface area contributed by atoms with E-state index in [0.717, 1.165) is 37.2 Å². The summed E-state index contributed by atoms with van der Waals surface area (Å²) in [6.07, 6.45) is 2.25. The third-order valence-electron chi connectivity index (χ3n) is 4.27. The maximum atomic E-state index is 12.9. The second-order valence-corrected chi connectivity index (χ2v) is 6.43.